The Morgan fingerprint density at radius 3 is 2.32 bits per heavy atom. The van der Waals surface area contributed by atoms with Gasteiger partial charge >= 0.3 is 21.8 Å². The van der Waals surface area contributed by atoms with E-state index in [9.17, 15) is 39.0 Å². The molecule has 3 fully saturated rings. The van der Waals surface area contributed by atoms with E-state index in [-0.39, 0.29) is 17.0 Å². The van der Waals surface area contributed by atoms with Crippen LogP contribution < -0.4 is 5.73 Å². The van der Waals surface area contributed by atoms with Crippen LogP contribution in [0.1, 0.15) is 6.23 Å². The number of imidazole rings is 1. The van der Waals surface area contributed by atoms with Crippen LogP contribution in [0.5, 0.6) is 0 Å². The van der Waals surface area contributed by atoms with Gasteiger partial charge in [0.05, 0.1) is 19.5 Å². The molecular weight excluding hydrogens is 564 g/mol. The minimum atomic E-state index is -5.31. The van der Waals surface area contributed by atoms with Crippen LogP contribution in [0.25, 0.3) is 11.2 Å². The molecule has 10 atom stereocenters. The first-order valence-corrected chi connectivity index (χ1v) is 13.7. The lowest BCUT2D eigenvalue weighted by Crippen LogP contribution is -2.33. The Morgan fingerprint density at radius 1 is 0.947 bits per heavy atom. The number of carbonyl (C=O) groups excluding carboxylic acids is 1. The van der Waals surface area contributed by atoms with Crippen molar-refractivity contribution in [2.24, 2.45) is 0 Å². The second-order valence-electron chi connectivity index (χ2n) is 8.22. The molecule has 0 aliphatic carbocycles. The zero-order valence-corrected chi connectivity index (χ0v) is 20.6. The molecule has 38 heavy (non-hydrogen) atoms. The van der Waals surface area contributed by atoms with E-state index in [1.165, 1.54) is 10.9 Å². The van der Waals surface area contributed by atoms with E-state index in [0.29, 0.717) is 0 Å². The maximum atomic E-state index is 12.3. The maximum absolute atomic E-state index is 12.3. The van der Waals surface area contributed by atoms with Crippen molar-refractivity contribution >= 4 is 38.8 Å². The first-order chi connectivity index (χ1) is 17.8. The first-order valence-electron chi connectivity index (χ1n) is 10.7. The van der Waals surface area contributed by atoms with Crippen LogP contribution in [0.3, 0.4) is 0 Å². The number of hydrogen-bond acceptors (Lipinski definition) is 17. The molecule has 3 aliphatic rings. The standard InChI is InChI=1S/C16H21N5O15P2/c17-12-7-13(19-3-18-12)21(4-20-7)14-9(23)8(22)5(32-14)1-30-37(26,27)36-38(28,29)31-2-6-10-11(15(24)33-6)35-16(25)34-10/h3-6,8-11,14-15,22-24H,1-2H2,(H,26,27)(H,28,29)(H2,17,18,19)/t5-,6-,8-,9-,10-,11-,14-,15?/m1/s1. The minimum absolute atomic E-state index is 0.0590. The molecule has 0 bridgehead atoms. The third-order valence-electron chi connectivity index (χ3n) is 5.76. The van der Waals surface area contributed by atoms with Crippen molar-refractivity contribution in [1.29, 1.82) is 0 Å². The first kappa shape index (κ1) is 27.3. The second-order valence-corrected chi connectivity index (χ2v) is 11.3. The fourth-order valence-electron chi connectivity index (χ4n) is 4.03. The third-order valence-corrected chi connectivity index (χ3v) is 8.36. The van der Waals surface area contributed by atoms with E-state index in [4.69, 9.17) is 19.9 Å². The number of ether oxygens (including phenoxy) is 4. The number of aliphatic hydroxyl groups excluding tert-OH is 3. The van der Waals surface area contributed by atoms with Crippen molar-refractivity contribution in [2.75, 3.05) is 18.9 Å². The summed E-state index contributed by atoms with van der Waals surface area (Å²) in [4.78, 5) is 42.7. The molecule has 5 rings (SSSR count). The quantitative estimate of drug-likeness (QED) is 0.136. The maximum Gasteiger partial charge on any atom is 0.509 e. The average Bonchev–Trinajstić information content (AvgIpc) is 3.57. The summed E-state index contributed by atoms with van der Waals surface area (Å²) in [6.45, 7) is -1.69. The van der Waals surface area contributed by atoms with Gasteiger partial charge in [0.2, 0.25) is 0 Å². The number of nitrogens with zero attached hydrogens (tertiary/aromatic N) is 4. The average molecular weight is 585 g/mol. The van der Waals surface area contributed by atoms with Crippen molar-refractivity contribution < 1.29 is 71.3 Å². The molecule has 3 aliphatic heterocycles. The van der Waals surface area contributed by atoms with Crippen molar-refractivity contribution in [3.8, 4) is 0 Å². The van der Waals surface area contributed by atoms with Crippen LogP contribution in [0, 0.1) is 0 Å². The molecule has 2 aromatic heterocycles. The van der Waals surface area contributed by atoms with E-state index < -0.39 is 84.2 Å². The van der Waals surface area contributed by atoms with Crippen molar-refractivity contribution in [3.63, 3.8) is 0 Å². The van der Waals surface area contributed by atoms with Gasteiger partial charge in [-0.2, -0.15) is 4.31 Å². The molecule has 20 nitrogen and oxygen atoms in total. The highest BCUT2D eigenvalue weighted by Gasteiger charge is 2.54. The van der Waals surface area contributed by atoms with Crippen LogP contribution in [0.15, 0.2) is 12.7 Å². The lowest BCUT2D eigenvalue weighted by molar-refractivity contribution is -0.138. The van der Waals surface area contributed by atoms with Crippen molar-refractivity contribution in [2.45, 2.75) is 49.1 Å². The van der Waals surface area contributed by atoms with E-state index in [2.05, 4.69) is 33.0 Å². The summed E-state index contributed by atoms with van der Waals surface area (Å²) < 4.78 is 59.2. The number of hydrogen-bond donors (Lipinski definition) is 6. The van der Waals surface area contributed by atoms with Crippen LogP contribution in [-0.2, 0) is 41.4 Å². The predicted molar refractivity (Wildman–Crippen MR) is 114 cm³/mol. The number of rotatable bonds is 9. The normalized spacial score (nSPS) is 36.0. The van der Waals surface area contributed by atoms with E-state index in [1.54, 1.807) is 0 Å². The van der Waals surface area contributed by atoms with Gasteiger partial charge in [-0.05, 0) is 0 Å². The van der Waals surface area contributed by atoms with E-state index in [0.717, 1.165) is 6.33 Å². The van der Waals surface area contributed by atoms with Gasteiger partial charge < -0.3 is 49.8 Å². The topological polar surface area (TPSA) is 287 Å². The Balaban J connectivity index is 1.16. The summed E-state index contributed by atoms with van der Waals surface area (Å²) in [5, 5.41) is 30.5. The Hall–Kier alpha value is -2.32. The largest absolute Gasteiger partial charge is 0.509 e. The molecule has 0 spiro atoms. The number of nitrogens with two attached hydrogens (primary N) is 1. The van der Waals surface area contributed by atoms with Gasteiger partial charge in [0, 0.05) is 0 Å². The summed E-state index contributed by atoms with van der Waals surface area (Å²) >= 11 is 0. The van der Waals surface area contributed by atoms with E-state index >= 15 is 0 Å². The number of fused-ring (bicyclic) bond motifs is 2. The molecular formula is C16H21N5O15P2. The molecule has 0 aromatic carbocycles. The number of aliphatic hydroxyl groups is 3. The summed E-state index contributed by atoms with van der Waals surface area (Å²) in [6.07, 6.45) is -9.78. The highest BCUT2D eigenvalue weighted by atomic mass is 31.3. The molecule has 5 heterocycles. The van der Waals surface area contributed by atoms with Gasteiger partial charge in [0.15, 0.2) is 36.2 Å². The SMILES string of the molecule is Nc1ncnc2c1ncn2[C@@H]1O[C@H](COP(=O)(O)OP(=O)(O)OC[C@H]2OC(O)[C@@H]3OC(=O)O[C@H]23)[C@@H](O)[C@H]1O. The fraction of sp³-hybridized carbons (Fsp3) is 0.625. The Morgan fingerprint density at radius 2 is 1.61 bits per heavy atom. The fourth-order valence-corrected chi connectivity index (χ4v) is 6.12. The zero-order valence-electron chi connectivity index (χ0n) is 18.8. The van der Waals surface area contributed by atoms with Crippen LogP contribution in [0.2, 0.25) is 0 Å². The minimum Gasteiger partial charge on any atom is -0.424 e. The molecule has 3 unspecified atom stereocenters. The van der Waals surface area contributed by atoms with Crippen LogP contribution in [-0.4, -0.2) is 107 Å². The molecule has 7 N–H and O–H groups in total. The molecule has 0 amide bonds. The lowest BCUT2D eigenvalue weighted by atomic mass is 10.1. The molecule has 210 valence electrons. The summed E-state index contributed by atoms with van der Waals surface area (Å²) in [5.41, 5.74) is 6.10. The van der Waals surface area contributed by atoms with Gasteiger partial charge in [0.1, 0.15) is 36.3 Å². The van der Waals surface area contributed by atoms with Crippen molar-refractivity contribution in [1.82, 2.24) is 19.5 Å². The molecule has 3 saturated heterocycles. The van der Waals surface area contributed by atoms with Gasteiger partial charge in [-0.1, -0.05) is 0 Å². The molecule has 22 heteroatoms. The predicted octanol–water partition coefficient (Wildman–Crippen LogP) is -2.10. The van der Waals surface area contributed by atoms with Crippen molar-refractivity contribution in [3.05, 3.63) is 12.7 Å². The number of phosphoric acid groups is 2. The summed E-state index contributed by atoms with van der Waals surface area (Å²) in [6, 6.07) is 0. The van der Waals surface area contributed by atoms with Gasteiger partial charge in [0.25, 0.3) is 0 Å². The van der Waals surface area contributed by atoms with Gasteiger partial charge in [-0.25, -0.2) is 28.9 Å². The monoisotopic (exact) mass is 585 g/mol. The number of nitrogen functional groups attached to an aromatic ring is 1. The van der Waals surface area contributed by atoms with Crippen LogP contribution >= 0.6 is 15.6 Å². The zero-order chi connectivity index (χ0) is 27.4. The number of aromatic nitrogens is 4. The lowest BCUT2D eigenvalue weighted by Gasteiger charge is -2.20. The Labute approximate surface area is 211 Å². The molecule has 0 saturated carbocycles. The summed E-state index contributed by atoms with van der Waals surface area (Å²) in [5.74, 6) is 0.0590. The Bertz CT molecular complexity index is 1310. The smallest absolute Gasteiger partial charge is 0.424 e. The highest BCUT2D eigenvalue weighted by molar-refractivity contribution is 7.61. The second kappa shape index (κ2) is 10.0. The third kappa shape index (κ3) is 5.26. The molecule has 2 aromatic rings. The number of anilines is 1. The van der Waals surface area contributed by atoms with Crippen LogP contribution in [0.4, 0.5) is 10.6 Å². The van der Waals surface area contributed by atoms with Gasteiger partial charge in [-0.15, -0.1) is 0 Å². The summed E-state index contributed by atoms with van der Waals surface area (Å²) in [7, 11) is -10.6. The number of carbonyl (C=O) groups is 1. The number of phosphoric ester groups is 2. The Kier molecular flexibility index (Phi) is 7.18. The molecule has 0 radical (unpaired) electrons. The van der Waals surface area contributed by atoms with E-state index in [1.807, 2.05) is 0 Å². The van der Waals surface area contributed by atoms with Gasteiger partial charge in [-0.3, -0.25) is 13.6 Å². The highest BCUT2D eigenvalue weighted by Crippen LogP contribution is 2.60.